The first-order valence-electron chi connectivity index (χ1n) is 6.62. The summed E-state index contributed by atoms with van der Waals surface area (Å²) in [5.41, 5.74) is -0.415. The van der Waals surface area contributed by atoms with Crippen molar-refractivity contribution in [1.82, 2.24) is 29.8 Å². The molecule has 116 valence electrons. The topological polar surface area (TPSA) is 122 Å². The van der Waals surface area contributed by atoms with Gasteiger partial charge >= 0.3 is 0 Å². The molecule has 0 saturated heterocycles. The first-order valence-corrected chi connectivity index (χ1v) is 7.60. The molecule has 0 bridgehead atoms. The van der Waals surface area contributed by atoms with E-state index in [2.05, 4.69) is 20.5 Å². The molecular weight excluding hydrogens is 318 g/mol. The van der Waals surface area contributed by atoms with Crippen LogP contribution in [-0.4, -0.2) is 35.5 Å². The zero-order valence-corrected chi connectivity index (χ0v) is 12.9. The SMILES string of the molecule is Cn1nnnc1SCCn1ccc2[nH]c(=O)c(C#N)cc2c1=O. The van der Waals surface area contributed by atoms with Crippen LogP contribution < -0.4 is 11.1 Å². The number of aryl methyl sites for hydroxylation is 2. The van der Waals surface area contributed by atoms with Crippen LogP contribution in [0.25, 0.3) is 10.9 Å². The number of rotatable bonds is 4. The van der Waals surface area contributed by atoms with Gasteiger partial charge in [0.15, 0.2) is 0 Å². The van der Waals surface area contributed by atoms with Crippen molar-refractivity contribution in [2.24, 2.45) is 7.05 Å². The number of nitrogens with one attached hydrogen (secondary N) is 1. The molecular formula is C13H11N7O2S. The smallest absolute Gasteiger partial charge is 0.266 e. The number of nitriles is 1. The highest BCUT2D eigenvalue weighted by Crippen LogP contribution is 2.12. The van der Waals surface area contributed by atoms with Crippen LogP contribution >= 0.6 is 11.8 Å². The maximum atomic E-state index is 12.4. The van der Waals surface area contributed by atoms with Gasteiger partial charge in [-0.15, -0.1) is 5.10 Å². The van der Waals surface area contributed by atoms with Crippen molar-refractivity contribution < 1.29 is 0 Å². The van der Waals surface area contributed by atoms with Gasteiger partial charge in [-0.1, -0.05) is 11.8 Å². The number of pyridine rings is 2. The predicted molar refractivity (Wildman–Crippen MR) is 83.1 cm³/mol. The van der Waals surface area contributed by atoms with Gasteiger partial charge in [0, 0.05) is 25.5 Å². The van der Waals surface area contributed by atoms with Crippen molar-refractivity contribution >= 4 is 22.7 Å². The molecule has 0 spiro atoms. The molecule has 3 heterocycles. The lowest BCUT2D eigenvalue weighted by Crippen LogP contribution is -2.22. The van der Waals surface area contributed by atoms with Gasteiger partial charge in [0.1, 0.15) is 11.6 Å². The van der Waals surface area contributed by atoms with Crippen molar-refractivity contribution in [3.63, 3.8) is 0 Å². The highest BCUT2D eigenvalue weighted by molar-refractivity contribution is 7.99. The fraction of sp³-hybridized carbons (Fsp3) is 0.231. The number of hydrogen-bond acceptors (Lipinski definition) is 7. The Morgan fingerprint density at radius 1 is 1.43 bits per heavy atom. The highest BCUT2D eigenvalue weighted by Gasteiger charge is 2.08. The molecule has 9 nitrogen and oxygen atoms in total. The summed E-state index contributed by atoms with van der Waals surface area (Å²) < 4.78 is 3.08. The van der Waals surface area contributed by atoms with Crippen LogP contribution in [0.4, 0.5) is 0 Å². The second kappa shape index (κ2) is 6.05. The van der Waals surface area contributed by atoms with E-state index in [-0.39, 0.29) is 11.1 Å². The van der Waals surface area contributed by atoms with Gasteiger partial charge in [-0.05, 0) is 22.6 Å². The van der Waals surface area contributed by atoms with Gasteiger partial charge in [-0.25, -0.2) is 4.68 Å². The third kappa shape index (κ3) is 2.86. The number of H-pyrrole nitrogens is 1. The molecule has 0 aromatic carbocycles. The van der Waals surface area contributed by atoms with E-state index in [0.29, 0.717) is 28.4 Å². The average Bonchev–Trinajstić information content (AvgIpc) is 2.94. The molecule has 1 N–H and O–H groups in total. The van der Waals surface area contributed by atoms with Crippen LogP contribution in [-0.2, 0) is 13.6 Å². The lowest BCUT2D eigenvalue weighted by Gasteiger charge is -2.06. The molecule has 0 amide bonds. The summed E-state index contributed by atoms with van der Waals surface area (Å²) >= 11 is 1.43. The fourth-order valence-electron chi connectivity index (χ4n) is 2.08. The average molecular weight is 329 g/mol. The number of thioether (sulfide) groups is 1. The Morgan fingerprint density at radius 2 is 2.26 bits per heavy atom. The minimum atomic E-state index is -0.498. The number of hydrogen-bond donors (Lipinski definition) is 1. The van der Waals surface area contributed by atoms with Crippen LogP contribution in [0.15, 0.2) is 33.1 Å². The molecule has 0 aliphatic rings. The molecule has 0 atom stereocenters. The quantitative estimate of drug-likeness (QED) is 0.662. The van der Waals surface area contributed by atoms with E-state index < -0.39 is 5.56 Å². The van der Waals surface area contributed by atoms with Crippen LogP contribution in [0.1, 0.15) is 5.56 Å². The summed E-state index contributed by atoms with van der Waals surface area (Å²) in [6, 6.07) is 4.75. The Kier molecular flexibility index (Phi) is 3.94. The number of nitrogens with zero attached hydrogens (tertiary/aromatic N) is 6. The largest absolute Gasteiger partial charge is 0.321 e. The zero-order chi connectivity index (χ0) is 16.4. The Balaban J connectivity index is 1.87. The third-order valence-corrected chi connectivity index (χ3v) is 4.24. The van der Waals surface area contributed by atoms with Gasteiger partial charge in [-0.2, -0.15) is 5.26 Å². The van der Waals surface area contributed by atoms with Crippen LogP contribution in [0.3, 0.4) is 0 Å². The molecule has 10 heteroatoms. The number of aromatic nitrogens is 6. The summed E-state index contributed by atoms with van der Waals surface area (Å²) in [6.07, 6.45) is 1.61. The second-order valence-corrected chi connectivity index (χ2v) is 5.76. The van der Waals surface area contributed by atoms with E-state index in [1.807, 2.05) is 0 Å². The van der Waals surface area contributed by atoms with Crippen molar-refractivity contribution in [1.29, 1.82) is 5.26 Å². The van der Waals surface area contributed by atoms with Gasteiger partial charge in [0.2, 0.25) is 5.16 Å². The molecule has 0 saturated carbocycles. The monoisotopic (exact) mass is 329 g/mol. The number of tetrazole rings is 1. The molecule has 0 aliphatic heterocycles. The van der Waals surface area contributed by atoms with E-state index in [0.717, 1.165) is 0 Å². The maximum Gasteiger partial charge on any atom is 0.266 e. The van der Waals surface area contributed by atoms with Crippen LogP contribution in [0.5, 0.6) is 0 Å². The van der Waals surface area contributed by atoms with Crippen LogP contribution in [0.2, 0.25) is 0 Å². The van der Waals surface area contributed by atoms with E-state index in [4.69, 9.17) is 5.26 Å². The molecule has 0 fully saturated rings. The van der Waals surface area contributed by atoms with E-state index in [1.54, 1.807) is 30.1 Å². The molecule has 23 heavy (non-hydrogen) atoms. The Bertz CT molecular complexity index is 1030. The van der Waals surface area contributed by atoms with Gasteiger partial charge < -0.3 is 9.55 Å². The molecule has 3 rings (SSSR count). The maximum absolute atomic E-state index is 12.4. The summed E-state index contributed by atoms with van der Waals surface area (Å²) in [5, 5.41) is 21.0. The van der Waals surface area contributed by atoms with E-state index in [1.165, 1.54) is 22.4 Å². The summed E-state index contributed by atoms with van der Waals surface area (Å²) in [6.45, 7) is 0.452. The summed E-state index contributed by atoms with van der Waals surface area (Å²) in [4.78, 5) is 26.6. The standard InChI is InChI=1S/C13H11N7O2S/c1-19-13(16-17-18-19)23-5-4-20-3-2-10-9(12(20)22)6-8(7-14)11(21)15-10/h2-3,6H,4-5H2,1H3,(H,15,21). The number of aromatic amines is 1. The lowest BCUT2D eigenvalue weighted by atomic mass is 10.2. The minimum absolute atomic E-state index is 0.0770. The molecule has 0 aliphatic carbocycles. The number of fused-ring (bicyclic) bond motifs is 1. The normalized spacial score (nSPS) is 10.8. The Hall–Kier alpha value is -2.93. The Labute approximate surface area is 133 Å². The summed E-state index contributed by atoms with van der Waals surface area (Å²) in [5.74, 6) is 0.605. The van der Waals surface area contributed by atoms with Crippen molar-refractivity contribution in [3.8, 4) is 6.07 Å². The molecule has 3 aromatic heterocycles. The fourth-order valence-corrected chi connectivity index (χ4v) is 2.87. The first kappa shape index (κ1) is 15.0. The van der Waals surface area contributed by atoms with Gasteiger partial charge in [0.05, 0.1) is 10.9 Å². The van der Waals surface area contributed by atoms with Gasteiger partial charge in [-0.3, -0.25) is 9.59 Å². The van der Waals surface area contributed by atoms with Crippen molar-refractivity contribution in [3.05, 3.63) is 44.6 Å². The van der Waals surface area contributed by atoms with Crippen molar-refractivity contribution in [2.75, 3.05) is 5.75 Å². The minimum Gasteiger partial charge on any atom is -0.321 e. The lowest BCUT2D eigenvalue weighted by molar-refractivity contribution is 0.663. The van der Waals surface area contributed by atoms with Gasteiger partial charge in [0.25, 0.3) is 11.1 Å². The molecule has 3 aromatic rings. The second-order valence-electron chi connectivity index (χ2n) is 4.70. The molecule has 0 radical (unpaired) electrons. The summed E-state index contributed by atoms with van der Waals surface area (Å²) in [7, 11) is 1.74. The van der Waals surface area contributed by atoms with Crippen LogP contribution in [0, 0.1) is 11.3 Å². The molecule has 0 unspecified atom stereocenters. The first-order chi connectivity index (χ1) is 11.1. The third-order valence-electron chi connectivity index (χ3n) is 3.25. The van der Waals surface area contributed by atoms with E-state index >= 15 is 0 Å². The zero-order valence-electron chi connectivity index (χ0n) is 12.1. The Morgan fingerprint density at radius 3 is 2.96 bits per heavy atom. The highest BCUT2D eigenvalue weighted by atomic mass is 32.2. The predicted octanol–water partition coefficient (Wildman–Crippen LogP) is -0.123. The van der Waals surface area contributed by atoms with Crippen molar-refractivity contribution in [2.45, 2.75) is 11.7 Å². The van der Waals surface area contributed by atoms with E-state index in [9.17, 15) is 9.59 Å².